The Bertz CT molecular complexity index is 986. The quantitative estimate of drug-likeness (QED) is 0.655. The SMILES string of the molecule is O=C(c1ccc(F)cc1Cl)N1CCN(c2nc3c(F)cccc3s2)CC1. The van der Waals surface area contributed by atoms with Crippen LogP contribution in [0.15, 0.2) is 36.4 Å². The molecular weight excluding hydrogens is 380 g/mol. The molecule has 0 saturated carbocycles. The molecular formula is C18H14ClF2N3OS. The lowest BCUT2D eigenvalue weighted by atomic mass is 10.1. The molecule has 1 aromatic heterocycles. The Morgan fingerprint density at radius 3 is 2.58 bits per heavy atom. The summed E-state index contributed by atoms with van der Waals surface area (Å²) in [4.78, 5) is 20.7. The third kappa shape index (κ3) is 3.12. The van der Waals surface area contributed by atoms with Crippen molar-refractivity contribution in [3.63, 3.8) is 0 Å². The fourth-order valence-corrected chi connectivity index (χ4v) is 4.25. The molecule has 8 heteroatoms. The largest absolute Gasteiger partial charge is 0.345 e. The molecule has 0 spiro atoms. The van der Waals surface area contributed by atoms with Crippen LogP contribution in [0.25, 0.3) is 10.2 Å². The Hall–Kier alpha value is -2.25. The fraction of sp³-hybridized carbons (Fsp3) is 0.222. The first-order chi connectivity index (χ1) is 12.5. The zero-order valence-electron chi connectivity index (χ0n) is 13.6. The average Bonchev–Trinajstić information content (AvgIpc) is 3.07. The minimum atomic E-state index is -0.473. The minimum Gasteiger partial charge on any atom is -0.345 e. The van der Waals surface area contributed by atoms with Crippen LogP contribution in [0, 0.1) is 11.6 Å². The van der Waals surface area contributed by atoms with Crippen molar-refractivity contribution >= 4 is 44.2 Å². The highest BCUT2D eigenvalue weighted by Crippen LogP contribution is 2.31. The third-order valence-corrected chi connectivity index (χ3v) is 5.75. The van der Waals surface area contributed by atoms with Gasteiger partial charge in [-0.05, 0) is 30.3 Å². The summed E-state index contributed by atoms with van der Waals surface area (Å²) in [5.74, 6) is -1.02. The van der Waals surface area contributed by atoms with Gasteiger partial charge in [0.05, 0.1) is 15.3 Å². The van der Waals surface area contributed by atoms with Crippen LogP contribution in [0.3, 0.4) is 0 Å². The molecule has 1 fully saturated rings. The number of fused-ring (bicyclic) bond motifs is 1. The van der Waals surface area contributed by atoms with Crippen molar-refractivity contribution < 1.29 is 13.6 Å². The van der Waals surface area contributed by atoms with Crippen molar-refractivity contribution in [3.8, 4) is 0 Å². The zero-order valence-corrected chi connectivity index (χ0v) is 15.2. The molecule has 2 heterocycles. The lowest BCUT2D eigenvalue weighted by Gasteiger charge is -2.34. The monoisotopic (exact) mass is 393 g/mol. The molecule has 0 bridgehead atoms. The van der Waals surface area contributed by atoms with Crippen LogP contribution in [-0.4, -0.2) is 42.0 Å². The van der Waals surface area contributed by atoms with E-state index in [1.54, 1.807) is 11.0 Å². The number of amides is 1. The van der Waals surface area contributed by atoms with Gasteiger partial charge >= 0.3 is 0 Å². The Morgan fingerprint density at radius 1 is 1.12 bits per heavy atom. The van der Waals surface area contributed by atoms with Gasteiger partial charge in [-0.3, -0.25) is 4.79 Å². The lowest BCUT2D eigenvalue weighted by molar-refractivity contribution is 0.0747. The number of rotatable bonds is 2. The van der Waals surface area contributed by atoms with E-state index in [1.165, 1.54) is 29.5 Å². The molecule has 3 aromatic rings. The molecule has 0 radical (unpaired) electrons. The summed E-state index contributed by atoms with van der Waals surface area (Å²) < 4.78 is 27.8. The number of halogens is 3. The normalized spacial score (nSPS) is 14.9. The Labute approximate surface area is 157 Å². The topological polar surface area (TPSA) is 36.4 Å². The Kier molecular flexibility index (Phi) is 4.50. The Balaban J connectivity index is 1.48. The van der Waals surface area contributed by atoms with E-state index in [0.29, 0.717) is 37.3 Å². The van der Waals surface area contributed by atoms with Crippen LogP contribution < -0.4 is 4.90 Å². The van der Waals surface area contributed by atoms with Gasteiger partial charge in [0.25, 0.3) is 5.91 Å². The number of benzene rings is 2. The van der Waals surface area contributed by atoms with E-state index in [2.05, 4.69) is 4.98 Å². The molecule has 1 aliphatic heterocycles. The third-order valence-electron chi connectivity index (χ3n) is 4.36. The molecule has 1 amide bonds. The first-order valence-electron chi connectivity index (χ1n) is 8.07. The minimum absolute atomic E-state index is 0.110. The second kappa shape index (κ2) is 6.81. The van der Waals surface area contributed by atoms with E-state index in [0.717, 1.165) is 15.9 Å². The van der Waals surface area contributed by atoms with Crippen molar-refractivity contribution in [2.45, 2.75) is 0 Å². The van der Waals surface area contributed by atoms with Crippen LogP contribution in [0.1, 0.15) is 10.4 Å². The number of hydrogen-bond donors (Lipinski definition) is 0. The van der Waals surface area contributed by atoms with Gasteiger partial charge in [0.15, 0.2) is 5.13 Å². The van der Waals surface area contributed by atoms with E-state index in [9.17, 15) is 13.6 Å². The lowest BCUT2D eigenvalue weighted by Crippen LogP contribution is -2.48. The van der Waals surface area contributed by atoms with Gasteiger partial charge in [-0.1, -0.05) is 29.0 Å². The number of thiazole rings is 1. The van der Waals surface area contributed by atoms with E-state index < -0.39 is 5.82 Å². The summed E-state index contributed by atoms with van der Waals surface area (Å²) in [7, 11) is 0. The maximum absolute atomic E-state index is 13.8. The highest BCUT2D eigenvalue weighted by molar-refractivity contribution is 7.22. The summed E-state index contributed by atoms with van der Waals surface area (Å²) in [5.41, 5.74) is 0.674. The Morgan fingerprint density at radius 2 is 1.88 bits per heavy atom. The van der Waals surface area contributed by atoms with Crippen LogP contribution in [0.2, 0.25) is 5.02 Å². The maximum Gasteiger partial charge on any atom is 0.255 e. The van der Waals surface area contributed by atoms with Crippen molar-refractivity contribution in [2.24, 2.45) is 0 Å². The number of hydrogen-bond acceptors (Lipinski definition) is 4. The maximum atomic E-state index is 13.8. The second-order valence-corrected chi connectivity index (χ2v) is 7.40. The van der Waals surface area contributed by atoms with Gasteiger partial charge in [0.1, 0.15) is 17.2 Å². The molecule has 26 heavy (non-hydrogen) atoms. The number of aromatic nitrogens is 1. The molecule has 2 aromatic carbocycles. The summed E-state index contributed by atoms with van der Waals surface area (Å²) >= 11 is 7.42. The second-order valence-electron chi connectivity index (χ2n) is 5.99. The molecule has 4 rings (SSSR count). The number of carbonyl (C=O) groups is 1. The summed E-state index contributed by atoms with van der Waals surface area (Å²) in [6.07, 6.45) is 0. The van der Waals surface area contributed by atoms with Gasteiger partial charge < -0.3 is 9.80 Å². The summed E-state index contributed by atoms with van der Waals surface area (Å²) in [5, 5.41) is 0.857. The average molecular weight is 394 g/mol. The summed E-state index contributed by atoms with van der Waals surface area (Å²) in [6.45, 7) is 2.16. The molecule has 134 valence electrons. The predicted molar refractivity (Wildman–Crippen MR) is 99.1 cm³/mol. The molecule has 0 atom stereocenters. The number of nitrogens with zero attached hydrogens (tertiary/aromatic N) is 3. The standard InChI is InChI=1S/C18H14ClF2N3OS/c19-13-10-11(20)4-5-12(13)17(25)23-6-8-24(9-7-23)18-22-16-14(21)2-1-3-15(16)26-18/h1-5,10H,6-9H2. The molecule has 0 N–H and O–H groups in total. The van der Waals surface area contributed by atoms with E-state index >= 15 is 0 Å². The van der Waals surface area contributed by atoms with Gasteiger partial charge in [-0.2, -0.15) is 0 Å². The van der Waals surface area contributed by atoms with Crippen molar-refractivity contribution in [3.05, 3.63) is 58.6 Å². The zero-order chi connectivity index (χ0) is 18.3. The predicted octanol–water partition coefficient (Wildman–Crippen LogP) is 4.19. The van der Waals surface area contributed by atoms with E-state index in [4.69, 9.17) is 11.6 Å². The number of carbonyl (C=O) groups excluding carboxylic acids is 1. The van der Waals surface area contributed by atoms with Crippen molar-refractivity contribution in [1.82, 2.24) is 9.88 Å². The smallest absolute Gasteiger partial charge is 0.255 e. The number of para-hydroxylation sites is 1. The van der Waals surface area contributed by atoms with E-state index in [1.807, 2.05) is 11.0 Å². The number of anilines is 1. The molecule has 0 aliphatic carbocycles. The summed E-state index contributed by atoms with van der Waals surface area (Å²) in [6, 6.07) is 8.68. The van der Waals surface area contributed by atoms with Crippen molar-refractivity contribution in [1.29, 1.82) is 0 Å². The number of piperazine rings is 1. The molecule has 1 aliphatic rings. The van der Waals surface area contributed by atoms with E-state index in [-0.39, 0.29) is 16.7 Å². The van der Waals surface area contributed by atoms with Gasteiger partial charge in [0, 0.05) is 26.2 Å². The molecule has 1 saturated heterocycles. The van der Waals surface area contributed by atoms with Gasteiger partial charge in [0.2, 0.25) is 0 Å². The first-order valence-corrected chi connectivity index (χ1v) is 9.27. The first kappa shape index (κ1) is 17.2. The van der Waals surface area contributed by atoms with Crippen LogP contribution in [0.4, 0.5) is 13.9 Å². The molecule has 0 unspecified atom stereocenters. The van der Waals surface area contributed by atoms with Gasteiger partial charge in [-0.25, -0.2) is 13.8 Å². The van der Waals surface area contributed by atoms with Crippen LogP contribution in [-0.2, 0) is 0 Å². The highest BCUT2D eigenvalue weighted by atomic mass is 35.5. The van der Waals surface area contributed by atoms with Crippen LogP contribution >= 0.6 is 22.9 Å². The fourth-order valence-electron chi connectivity index (χ4n) is 2.97. The molecule has 4 nitrogen and oxygen atoms in total. The van der Waals surface area contributed by atoms with Gasteiger partial charge in [-0.15, -0.1) is 0 Å². The highest BCUT2D eigenvalue weighted by Gasteiger charge is 2.25. The van der Waals surface area contributed by atoms with Crippen molar-refractivity contribution in [2.75, 3.05) is 31.1 Å². The van der Waals surface area contributed by atoms with Crippen LogP contribution in [0.5, 0.6) is 0 Å².